The number of aliphatic hydroxyl groups excluding tert-OH is 1. The summed E-state index contributed by atoms with van der Waals surface area (Å²) in [4.78, 5) is 15.3. The van der Waals surface area contributed by atoms with Crippen LogP contribution in [0.5, 0.6) is 0 Å². The van der Waals surface area contributed by atoms with Gasteiger partial charge in [0.1, 0.15) is 5.76 Å². The van der Waals surface area contributed by atoms with E-state index in [4.69, 9.17) is 0 Å². The fourth-order valence-corrected chi connectivity index (χ4v) is 4.78. The lowest BCUT2D eigenvalue weighted by Gasteiger charge is -2.29. The molecule has 1 aliphatic heterocycles. The second-order valence-electron chi connectivity index (χ2n) is 8.74. The number of para-hydroxylation sites is 1. The van der Waals surface area contributed by atoms with Crippen molar-refractivity contribution in [3.8, 4) is 0 Å². The van der Waals surface area contributed by atoms with Gasteiger partial charge in [0.15, 0.2) is 0 Å². The highest BCUT2D eigenvalue weighted by atomic mass is 16.3. The molecule has 1 N–H and O–H groups in total. The normalized spacial score (nSPS) is 21.5. The van der Waals surface area contributed by atoms with Crippen LogP contribution in [-0.4, -0.2) is 17.4 Å². The number of fused-ring (bicyclic) bond motifs is 1. The number of nitrogens with zero attached hydrogens (tertiary/aromatic N) is 1. The van der Waals surface area contributed by atoms with Crippen molar-refractivity contribution in [3.63, 3.8) is 0 Å². The maximum Gasteiger partial charge on any atom is 0.200 e. The molecule has 158 valence electrons. The minimum atomic E-state index is -0.236. The van der Waals surface area contributed by atoms with Gasteiger partial charge in [0.05, 0.1) is 11.1 Å². The second-order valence-corrected chi connectivity index (χ2v) is 8.74. The first-order chi connectivity index (χ1) is 14.1. The first kappa shape index (κ1) is 21.9. The Bertz CT molecular complexity index is 1060. The molecule has 1 heterocycles. The zero-order valence-corrected chi connectivity index (χ0v) is 19.3. The smallest absolute Gasteiger partial charge is 0.200 e. The number of carbonyl (C=O) groups is 1. The van der Waals surface area contributed by atoms with E-state index in [2.05, 4.69) is 57.4 Å². The number of anilines is 1. The van der Waals surface area contributed by atoms with Crippen LogP contribution in [-0.2, 0) is 10.2 Å². The molecular formula is C27H33NO2. The van der Waals surface area contributed by atoms with Gasteiger partial charge in [-0.05, 0) is 68.5 Å². The Morgan fingerprint density at radius 3 is 2.33 bits per heavy atom. The van der Waals surface area contributed by atoms with Gasteiger partial charge in [0.2, 0.25) is 5.78 Å². The highest BCUT2D eigenvalue weighted by Crippen LogP contribution is 2.48. The Hall–Kier alpha value is -2.81. The van der Waals surface area contributed by atoms with Crippen molar-refractivity contribution in [1.82, 2.24) is 0 Å². The summed E-state index contributed by atoms with van der Waals surface area (Å²) in [5, 5.41) is 10.8. The Morgan fingerprint density at radius 2 is 1.80 bits per heavy atom. The minimum absolute atomic E-state index is 0.0863. The number of likely N-dealkylation sites (N-methyl/N-ethyl adjacent to an activating group) is 1. The van der Waals surface area contributed by atoms with Crippen LogP contribution in [0.2, 0.25) is 0 Å². The van der Waals surface area contributed by atoms with E-state index in [-0.39, 0.29) is 17.0 Å². The highest BCUT2D eigenvalue weighted by molar-refractivity contribution is 6.21. The Morgan fingerprint density at radius 1 is 1.17 bits per heavy atom. The van der Waals surface area contributed by atoms with E-state index in [1.54, 1.807) is 0 Å². The van der Waals surface area contributed by atoms with Crippen LogP contribution in [0, 0.1) is 0 Å². The molecule has 3 nitrogen and oxygen atoms in total. The fourth-order valence-electron chi connectivity index (χ4n) is 4.78. The average molecular weight is 404 g/mol. The van der Waals surface area contributed by atoms with E-state index in [0.29, 0.717) is 11.1 Å². The molecule has 0 atom stereocenters. The summed E-state index contributed by atoms with van der Waals surface area (Å²) in [5.41, 5.74) is 8.04. The van der Waals surface area contributed by atoms with Gasteiger partial charge in [-0.15, -0.1) is 0 Å². The third-order valence-electron chi connectivity index (χ3n) is 6.62. The van der Waals surface area contributed by atoms with Crippen molar-refractivity contribution in [1.29, 1.82) is 0 Å². The molecule has 2 aliphatic rings. The van der Waals surface area contributed by atoms with Crippen LogP contribution in [0.15, 0.2) is 81.8 Å². The quantitative estimate of drug-likeness (QED) is 0.439. The number of carbonyl (C=O) groups excluding carboxylic acids is 1. The van der Waals surface area contributed by atoms with Gasteiger partial charge < -0.3 is 10.0 Å². The largest absolute Gasteiger partial charge is 0.506 e. The first-order valence-electron chi connectivity index (χ1n) is 10.7. The van der Waals surface area contributed by atoms with Crippen molar-refractivity contribution in [2.24, 2.45) is 0 Å². The third-order valence-corrected chi connectivity index (χ3v) is 6.62. The topological polar surface area (TPSA) is 40.5 Å². The summed E-state index contributed by atoms with van der Waals surface area (Å²) in [6, 6.07) is 8.35. The number of benzene rings is 1. The van der Waals surface area contributed by atoms with E-state index < -0.39 is 0 Å². The van der Waals surface area contributed by atoms with Crippen molar-refractivity contribution in [2.75, 3.05) is 11.4 Å². The van der Waals surface area contributed by atoms with Crippen LogP contribution in [0.3, 0.4) is 0 Å². The van der Waals surface area contributed by atoms with Crippen molar-refractivity contribution >= 4 is 11.5 Å². The van der Waals surface area contributed by atoms with Crippen molar-refractivity contribution in [3.05, 3.63) is 87.4 Å². The summed E-state index contributed by atoms with van der Waals surface area (Å²) < 4.78 is 0. The molecule has 1 aromatic carbocycles. The van der Waals surface area contributed by atoms with Gasteiger partial charge in [-0.25, -0.2) is 0 Å². The molecule has 0 amide bonds. The number of Topliss-reactive ketones (excluding diaryl/α,β-unsaturated/α-hetero) is 1. The monoisotopic (exact) mass is 403 g/mol. The standard InChI is InChI=1S/C27H33NO2/c1-9-19(16(3)4)17(5)18(6)24-25(29)20(26(24)30)15-23-27(7,8)21-13-11-12-14-22(21)28(23)10-2/h11-15,29H,3,9-10H2,1-2,4-8H3/b19-17-,23-15-,24-18+. The number of hydrogen-bond acceptors (Lipinski definition) is 3. The second kappa shape index (κ2) is 7.79. The summed E-state index contributed by atoms with van der Waals surface area (Å²) >= 11 is 0. The van der Waals surface area contributed by atoms with Gasteiger partial charge in [0, 0.05) is 23.3 Å². The molecule has 0 unspecified atom stereocenters. The number of allylic oxidation sites excluding steroid dienone is 8. The SMILES string of the molecule is C=C(C)/C(CC)=C(C)\C(C)=C1\C(=O)C(/C=C2\N(CC)c3ccccc3C2(C)C)=C1O. The summed E-state index contributed by atoms with van der Waals surface area (Å²) in [5.74, 6) is 0.0150. The van der Waals surface area contributed by atoms with Gasteiger partial charge in [-0.3, -0.25) is 4.79 Å². The van der Waals surface area contributed by atoms with Crippen LogP contribution in [0.25, 0.3) is 0 Å². The van der Waals surface area contributed by atoms with Gasteiger partial charge >= 0.3 is 0 Å². The average Bonchev–Trinajstić information content (AvgIpc) is 2.92. The van der Waals surface area contributed by atoms with Crippen LogP contribution in [0.1, 0.15) is 60.5 Å². The van der Waals surface area contributed by atoms with Gasteiger partial charge in [0.25, 0.3) is 0 Å². The Kier molecular flexibility index (Phi) is 5.68. The molecule has 3 heteroatoms. The zero-order chi connectivity index (χ0) is 22.4. The molecule has 0 saturated heterocycles. The first-order valence-corrected chi connectivity index (χ1v) is 10.7. The highest BCUT2D eigenvalue weighted by Gasteiger charge is 2.42. The van der Waals surface area contributed by atoms with Crippen LogP contribution >= 0.6 is 0 Å². The van der Waals surface area contributed by atoms with E-state index in [0.717, 1.165) is 41.0 Å². The van der Waals surface area contributed by atoms with E-state index in [1.165, 1.54) is 11.3 Å². The molecule has 3 rings (SSSR count). The maximum absolute atomic E-state index is 13.1. The molecule has 30 heavy (non-hydrogen) atoms. The summed E-state index contributed by atoms with van der Waals surface area (Å²) in [6.45, 7) is 19.3. The lowest BCUT2D eigenvalue weighted by Crippen LogP contribution is -2.29. The van der Waals surface area contributed by atoms with E-state index >= 15 is 0 Å². The molecule has 1 aliphatic carbocycles. The molecule has 0 radical (unpaired) electrons. The molecular weight excluding hydrogens is 370 g/mol. The predicted molar refractivity (Wildman–Crippen MR) is 126 cm³/mol. The van der Waals surface area contributed by atoms with Crippen molar-refractivity contribution in [2.45, 2.75) is 60.3 Å². The van der Waals surface area contributed by atoms with Gasteiger partial charge in [-0.1, -0.05) is 51.1 Å². The van der Waals surface area contributed by atoms with Crippen LogP contribution in [0.4, 0.5) is 5.69 Å². The Labute approximate surface area is 180 Å². The van der Waals surface area contributed by atoms with E-state index in [9.17, 15) is 9.90 Å². The lowest BCUT2D eigenvalue weighted by molar-refractivity contribution is -0.113. The maximum atomic E-state index is 13.1. The number of aliphatic hydroxyl groups is 1. The Balaban J connectivity index is 2.11. The third kappa shape index (κ3) is 3.17. The van der Waals surface area contributed by atoms with E-state index in [1.807, 2.05) is 32.9 Å². The predicted octanol–water partition coefficient (Wildman–Crippen LogP) is 6.70. The van der Waals surface area contributed by atoms with Crippen molar-refractivity contribution < 1.29 is 9.90 Å². The molecule has 0 aromatic heterocycles. The van der Waals surface area contributed by atoms with Crippen LogP contribution < -0.4 is 4.90 Å². The number of hydrogen-bond donors (Lipinski definition) is 1. The zero-order valence-electron chi connectivity index (χ0n) is 19.3. The summed E-state index contributed by atoms with van der Waals surface area (Å²) in [7, 11) is 0. The minimum Gasteiger partial charge on any atom is -0.506 e. The molecule has 0 fully saturated rings. The summed E-state index contributed by atoms with van der Waals surface area (Å²) in [6.07, 6.45) is 2.73. The molecule has 0 saturated carbocycles. The lowest BCUT2D eigenvalue weighted by atomic mass is 9.78. The fraction of sp³-hybridized carbons (Fsp3) is 0.370. The van der Waals surface area contributed by atoms with Gasteiger partial charge in [-0.2, -0.15) is 0 Å². The number of rotatable bonds is 5. The molecule has 1 aromatic rings. The number of ketones is 1. The molecule has 0 spiro atoms. The molecule has 0 bridgehead atoms.